The zero-order valence-electron chi connectivity index (χ0n) is 12.8. The summed E-state index contributed by atoms with van der Waals surface area (Å²) in [6.45, 7) is 0.661. The number of unbranched alkanes of at least 4 members (excludes halogenated alkanes) is 1. The number of carbonyl (C=O) groups is 1. The molecule has 2 aromatic rings. The molecule has 0 aromatic heterocycles. The fourth-order valence-electron chi connectivity index (χ4n) is 2.25. The maximum atomic E-state index is 11.7. The molecule has 2 aromatic carbocycles. The maximum Gasteiger partial charge on any atom is 0.319 e. The number of para-hydroxylation sites is 2. The topological polar surface area (TPSA) is 50.4 Å². The highest BCUT2D eigenvalue weighted by Gasteiger charge is 2.02. The van der Waals surface area contributed by atoms with E-state index in [0.29, 0.717) is 6.54 Å². The van der Waals surface area contributed by atoms with E-state index in [4.69, 9.17) is 4.74 Å². The Morgan fingerprint density at radius 1 is 1.00 bits per heavy atom. The number of carbonyl (C=O) groups excluding carboxylic acids is 1. The van der Waals surface area contributed by atoms with Crippen LogP contribution in [0, 0.1) is 0 Å². The molecule has 0 fully saturated rings. The minimum atomic E-state index is -0.163. The van der Waals surface area contributed by atoms with E-state index >= 15 is 0 Å². The van der Waals surface area contributed by atoms with Gasteiger partial charge in [-0.1, -0.05) is 36.4 Å². The van der Waals surface area contributed by atoms with Crippen LogP contribution in [-0.2, 0) is 6.42 Å². The standard InChI is InChI=1S/C18H22N2O2/c1-22-17-13-6-5-9-15(17)10-7-8-14-19-18(21)20-16-11-3-2-4-12-16/h2-6,9,11-13H,7-8,10,14H2,1H3,(H2,19,20,21). The molecule has 0 aliphatic rings. The number of nitrogens with one attached hydrogen (secondary N) is 2. The highest BCUT2D eigenvalue weighted by Crippen LogP contribution is 2.19. The predicted molar refractivity (Wildman–Crippen MR) is 89.4 cm³/mol. The molecule has 4 nitrogen and oxygen atoms in total. The van der Waals surface area contributed by atoms with E-state index in [-0.39, 0.29) is 6.03 Å². The first-order chi connectivity index (χ1) is 10.8. The molecule has 22 heavy (non-hydrogen) atoms. The molecule has 0 aliphatic heterocycles. The number of ether oxygens (including phenoxy) is 1. The quantitative estimate of drug-likeness (QED) is 0.763. The number of benzene rings is 2. The van der Waals surface area contributed by atoms with Crippen molar-refractivity contribution >= 4 is 11.7 Å². The van der Waals surface area contributed by atoms with E-state index in [9.17, 15) is 4.79 Å². The fourth-order valence-corrected chi connectivity index (χ4v) is 2.25. The van der Waals surface area contributed by atoms with Gasteiger partial charge in [-0.2, -0.15) is 0 Å². The monoisotopic (exact) mass is 298 g/mol. The first-order valence-electron chi connectivity index (χ1n) is 7.51. The Hall–Kier alpha value is -2.49. The zero-order valence-corrected chi connectivity index (χ0v) is 12.8. The van der Waals surface area contributed by atoms with Gasteiger partial charge in [0.05, 0.1) is 7.11 Å². The van der Waals surface area contributed by atoms with Crippen molar-refractivity contribution in [1.29, 1.82) is 0 Å². The van der Waals surface area contributed by atoms with E-state index in [1.807, 2.05) is 48.5 Å². The Labute approximate surface area is 131 Å². The Kier molecular flexibility index (Phi) is 6.30. The lowest BCUT2D eigenvalue weighted by Gasteiger charge is -2.09. The van der Waals surface area contributed by atoms with Gasteiger partial charge in [-0.15, -0.1) is 0 Å². The van der Waals surface area contributed by atoms with Crippen LogP contribution in [0.15, 0.2) is 54.6 Å². The number of anilines is 1. The number of aryl methyl sites for hydroxylation is 1. The number of hydrogen-bond acceptors (Lipinski definition) is 2. The third-order valence-electron chi connectivity index (χ3n) is 3.38. The normalized spacial score (nSPS) is 10.0. The van der Waals surface area contributed by atoms with Crippen molar-refractivity contribution < 1.29 is 9.53 Å². The summed E-state index contributed by atoms with van der Waals surface area (Å²) in [4.78, 5) is 11.7. The third kappa shape index (κ3) is 5.13. The van der Waals surface area contributed by atoms with E-state index < -0.39 is 0 Å². The van der Waals surface area contributed by atoms with Crippen LogP contribution in [0.1, 0.15) is 18.4 Å². The van der Waals surface area contributed by atoms with E-state index in [0.717, 1.165) is 30.7 Å². The van der Waals surface area contributed by atoms with Crippen molar-refractivity contribution in [3.05, 3.63) is 60.2 Å². The number of methoxy groups -OCH3 is 1. The minimum absolute atomic E-state index is 0.163. The average Bonchev–Trinajstić information content (AvgIpc) is 2.56. The zero-order chi connectivity index (χ0) is 15.6. The molecule has 116 valence electrons. The lowest BCUT2D eigenvalue weighted by Crippen LogP contribution is -2.29. The molecule has 0 saturated carbocycles. The summed E-state index contributed by atoms with van der Waals surface area (Å²) in [5.41, 5.74) is 2.01. The second kappa shape index (κ2) is 8.72. The Balaban J connectivity index is 1.64. The highest BCUT2D eigenvalue weighted by atomic mass is 16.5. The predicted octanol–water partition coefficient (Wildman–Crippen LogP) is 3.84. The smallest absolute Gasteiger partial charge is 0.319 e. The summed E-state index contributed by atoms with van der Waals surface area (Å²) >= 11 is 0. The molecule has 0 radical (unpaired) electrons. The van der Waals surface area contributed by atoms with Gasteiger partial charge in [0, 0.05) is 12.2 Å². The molecular weight excluding hydrogens is 276 g/mol. The summed E-state index contributed by atoms with van der Waals surface area (Å²) in [5, 5.41) is 5.66. The van der Waals surface area contributed by atoms with E-state index in [1.54, 1.807) is 7.11 Å². The second-order valence-electron chi connectivity index (χ2n) is 5.02. The molecule has 0 unspecified atom stereocenters. The van der Waals surface area contributed by atoms with Crippen LogP contribution in [-0.4, -0.2) is 19.7 Å². The Morgan fingerprint density at radius 2 is 1.73 bits per heavy atom. The molecule has 0 aliphatic carbocycles. The number of rotatable bonds is 7. The number of hydrogen-bond donors (Lipinski definition) is 2. The van der Waals surface area contributed by atoms with Crippen LogP contribution < -0.4 is 15.4 Å². The van der Waals surface area contributed by atoms with Crippen molar-refractivity contribution in [3.63, 3.8) is 0 Å². The van der Waals surface area contributed by atoms with Crippen LogP contribution in [0.2, 0.25) is 0 Å². The molecule has 0 saturated heterocycles. The van der Waals surface area contributed by atoms with Crippen molar-refractivity contribution in [3.8, 4) is 5.75 Å². The third-order valence-corrected chi connectivity index (χ3v) is 3.38. The van der Waals surface area contributed by atoms with Crippen LogP contribution in [0.3, 0.4) is 0 Å². The maximum absolute atomic E-state index is 11.7. The molecule has 0 bridgehead atoms. The first kappa shape index (κ1) is 15.9. The molecule has 0 heterocycles. The lowest BCUT2D eigenvalue weighted by atomic mass is 10.1. The molecule has 0 atom stereocenters. The SMILES string of the molecule is COc1ccccc1CCCCNC(=O)Nc1ccccc1. The summed E-state index contributed by atoms with van der Waals surface area (Å²) in [5.74, 6) is 0.928. The van der Waals surface area contributed by atoms with Crippen molar-refractivity contribution in [2.45, 2.75) is 19.3 Å². The second-order valence-corrected chi connectivity index (χ2v) is 5.02. The van der Waals surface area contributed by atoms with Crippen LogP contribution in [0.25, 0.3) is 0 Å². The van der Waals surface area contributed by atoms with Gasteiger partial charge in [-0.3, -0.25) is 0 Å². The molecule has 2 amide bonds. The first-order valence-corrected chi connectivity index (χ1v) is 7.51. The molecule has 0 spiro atoms. The van der Waals surface area contributed by atoms with Gasteiger partial charge in [-0.25, -0.2) is 4.79 Å². The van der Waals surface area contributed by atoms with Crippen molar-refractivity contribution in [2.75, 3.05) is 19.0 Å². The summed E-state index contributed by atoms with van der Waals surface area (Å²) in [6, 6.07) is 17.3. The summed E-state index contributed by atoms with van der Waals surface area (Å²) < 4.78 is 5.33. The van der Waals surface area contributed by atoms with Crippen molar-refractivity contribution in [1.82, 2.24) is 5.32 Å². The minimum Gasteiger partial charge on any atom is -0.496 e. The molecular formula is C18H22N2O2. The lowest BCUT2D eigenvalue weighted by molar-refractivity contribution is 0.252. The largest absolute Gasteiger partial charge is 0.496 e. The van der Waals surface area contributed by atoms with Gasteiger partial charge in [0.25, 0.3) is 0 Å². The van der Waals surface area contributed by atoms with Gasteiger partial charge in [-0.05, 0) is 43.0 Å². The van der Waals surface area contributed by atoms with E-state index in [2.05, 4.69) is 16.7 Å². The van der Waals surface area contributed by atoms with Gasteiger partial charge in [0.15, 0.2) is 0 Å². The molecule has 2 rings (SSSR count). The van der Waals surface area contributed by atoms with E-state index in [1.165, 1.54) is 5.56 Å². The van der Waals surface area contributed by atoms with Gasteiger partial charge in [0.1, 0.15) is 5.75 Å². The summed E-state index contributed by atoms with van der Waals surface area (Å²) in [6.07, 6.45) is 2.89. The number of urea groups is 1. The Morgan fingerprint density at radius 3 is 2.50 bits per heavy atom. The van der Waals surface area contributed by atoms with Crippen LogP contribution in [0.4, 0.5) is 10.5 Å². The van der Waals surface area contributed by atoms with Gasteiger partial charge >= 0.3 is 6.03 Å². The summed E-state index contributed by atoms with van der Waals surface area (Å²) in [7, 11) is 1.69. The average molecular weight is 298 g/mol. The Bertz CT molecular complexity index is 585. The molecule has 2 N–H and O–H groups in total. The highest BCUT2D eigenvalue weighted by molar-refractivity contribution is 5.89. The van der Waals surface area contributed by atoms with Crippen molar-refractivity contribution in [2.24, 2.45) is 0 Å². The fraction of sp³-hybridized carbons (Fsp3) is 0.278. The molecule has 4 heteroatoms. The van der Waals surface area contributed by atoms with Gasteiger partial charge in [0.2, 0.25) is 0 Å². The van der Waals surface area contributed by atoms with Crippen LogP contribution >= 0.6 is 0 Å². The van der Waals surface area contributed by atoms with Gasteiger partial charge < -0.3 is 15.4 Å². The number of amides is 2. The van der Waals surface area contributed by atoms with Crippen LogP contribution in [0.5, 0.6) is 5.75 Å².